The fourth-order valence-corrected chi connectivity index (χ4v) is 2.87. The summed E-state index contributed by atoms with van der Waals surface area (Å²) in [5.41, 5.74) is 2.12. The van der Waals surface area contributed by atoms with Gasteiger partial charge >= 0.3 is 5.97 Å². The van der Waals surface area contributed by atoms with E-state index in [0.29, 0.717) is 22.6 Å². The second-order valence-electron chi connectivity index (χ2n) is 6.48. The number of aryl methyl sites for hydroxylation is 1. The molecule has 1 atom stereocenters. The zero-order chi connectivity index (χ0) is 19.9. The lowest BCUT2D eigenvalue weighted by molar-refractivity contribution is -0.137. The lowest BCUT2D eigenvalue weighted by Gasteiger charge is -2.18. The van der Waals surface area contributed by atoms with E-state index in [1.54, 1.807) is 42.5 Å². The van der Waals surface area contributed by atoms with Gasteiger partial charge in [0.05, 0.1) is 12.5 Å². The van der Waals surface area contributed by atoms with Gasteiger partial charge in [0.2, 0.25) is 0 Å². The van der Waals surface area contributed by atoms with Crippen LogP contribution in [0.1, 0.15) is 33.9 Å². The van der Waals surface area contributed by atoms with Crippen LogP contribution in [0.3, 0.4) is 0 Å². The van der Waals surface area contributed by atoms with Gasteiger partial charge in [0.15, 0.2) is 0 Å². The first-order chi connectivity index (χ1) is 13.5. The van der Waals surface area contributed by atoms with Crippen LogP contribution in [0.4, 0.5) is 0 Å². The van der Waals surface area contributed by atoms with Crippen LogP contribution in [-0.2, 0) is 4.79 Å². The number of nitrogens with one attached hydrogen (secondary N) is 1. The van der Waals surface area contributed by atoms with Crippen LogP contribution in [0.15, 0.2) is 78.9 Å². The van der Waals surface area contributed by atoms with E-state index in [2.05, 4.69) is 5.32 Å². The molecule has 5 heteroatoms. The zero-order valence-electron chi connectivity index (χ0n) is 15.5. The number of carbonyl (C=O) groups is 2. The summed E-state index contributed by atoms with van der Waals surface area (Å²) in [6, 6.07) is 22.9. The summed E-state index contributed by atoms with van der Waals surface area (Å²) in [6.07, 6.45) is -0.230. The lowest BCUT2D eigenvalue weighted by atomic mass is 10.0. The smallest absolute Gasteiger partial charge is 0.305 e. The molecule has 0 saturated carbocycles. The zero-order valence-corrected chi connectivity index (χ0v) is 15.5. The van der Waals surface area contributed by atoms with Crippen LogP contribution >= 0.6 is 0 Å². The van der Waals surface area contributed by atoms with Gasteiger partial charge in [-0.1, -0.05) is 48.0 Å². The van der Waals surface area contributed by atoms with E-state index < -0.39 is 12.0 Å². The molecule has 0 aliphatic heterocycles. The maximum atomic E-state index is 12.6. The van der Waals surface area contributed by atoms with Crippen LogP contribution in [0.2, 0.25) is 0 Å². The van der Waals surface area contributed by atoms with Gasteiger partial charge in [0.25, 0.3) is 5.91 Å². The Hall–Kier alpha value is -3.60. The maximum Gasteiger partial charge on any atom is 0.305 e. The van der Waals surface area contributed by atoms with Crippen molar-refractivity contribution in [2.45, 2.75) is 19.4 Å². The molecule has 3 rings (SSSR count). The van der Waals surface area contributed by atoms with Crippen molar-refractivity contribution in [2.24, 2.45) is 0 Å². The maximum absolute atomic E-state index is 12.6. The minimum atomic E-state index is -0.996. The van der Waals surface area contributed by atoms with Gasteiger partial charge < -0.3 is 15.2 Å². The molecule has 0 spiro atoms. The fourth-order valence-electron chi connectivity index (χ4n) is 2.87. The molecule has 2 N–H and O–H groups in total. The first-order valence-electron chi connectivity index (χ1n) is 8.93. The van der Waals surface area contributed by atoms with E-state index >= 15 is 0 Å². The summed E-state index contributed by atoms with van der Waals surface area (Å²) < 4.78 is 5.82. The number of hydrogen-bond donors (Lipinski definition) is 2. The molecule has 0 aromatic heterocycles. The molecule has 3 aromatic rings. The standard InChI is InChI=1S/C23H21NO4/c1-16-7-5-9-18(13-16)23(27)24-21(15-22(25)26)17-8-6-12-20(14-17)28-19-10-3-2-4-11-19/h2-14,21H,15H2,1H3,(H,24,27)(H,25,26). The average molecular weight is 375 g/mol. The number of para-hydroxylation sites is 1. The van der Waals surface area contributed by atoms with Crippen molar-refractivity contribution < 1.29 is 19.4 Å². The van der Waals surface area contributed by atoms with Gasteiger partial charge in [-0.25, -0.2) is 0 Å². The van der Waals surface area contributed by atoms with Gasteiger partial charge in [-0.05, 0) is 48.9 Å². The molecule has 142 valence electrons. The lowest BCUT2D eigenvalue weighted by Crippen LogP contribution is -2.30. The summed E-state index contributed by atoms with van der Waals surface area (Å²) >= 11 is 0. The molecule has 1 amide bonds. The highest BCUT2D eigenvalue weighted by Crippen LogP contribution is 2.26. The highest BCUT2D eigenvalue weighted by atomic mass is 16.5. The number of rotatable bonds is 7. The third kappa shape index (κ3) is 5.20. The van der Waals surface area contributed by atoms with Gasteiger partial charge in [0.1, 0.15) is 11.5 Å². The normalized spacial score (nSPS) is 11.5. The van der Waals surface area contributed by atoms with E-state index in [0.717, 1.165) is 5.56 Å². The topological polar surface area (TPSA) is 75.6 Å². The van der Waals surface area contributed by atoms with Gasteiger partial charge in [-0.3, -0.25) is 9.59 Å². The Kier molecular flexibility index (Phi) is 6.07. The third-order valence-electron chi connectivity index (χ3n) is 4.20. The van der Waals surface area contributed by atoms with Crippen LogP contribution in [0.25, 0.3) is 0 Å². The van der Waals surface area contributed by atoms with Crippen LogP contribution in [0, 0.1) is 6.92 Å². The third-order valence-corrected chi connectivity index (χ3v) is 4.20. The van der Waals surface area contributed by atoms with Gasteiger partial charge in [-0.15, -0.1) is 0 Å². The summed E-state index contributed by atoms with van der Waals surface area (Å²) in [6.45, 7) is 1.90. The monoisotopic (exact) mass is 375 g/mol. The molecule has 0 radical (unpaired) electrons. The van der Waals surface area contributed by atoms with E-state index in [4.69, 9.17) is 4.74 Å². The van der Waals surface area contributed by atoms with E-state index in [9.17, 15) is 14.7 Å². The second kappa shape index (κ2) is 8.86. The SMILES string of the molecule is Cc1cccc(C(=O)NC(CC(=O)O)c2cccc(Oc3ccccc3)c2)c1. The molecule has 0 bridgehead atoms. The minimum absolute atomic E-state index is 0.230. The summed E-state index contributed by atoms with van der Waals surface area (Å²) in [4.78, 5) is 24.0. The van der Waals surface area contributed by atoms with Crippen molar-refractivity contribution >= 4 is 11.9 Å². The van der Waals surface area contributed by atoms with Gasteiger partial charge in [-0.2, -0.15) is 0 Å². The van der Waals surface area contributed by atoms with Crippen molar-refractivity contribution in [3.05, 3.63) is 95.6 Å². The number of aliphatic carboxylic acids is 1. The Bertz CT molecular complexity index is 969. The first kappa shape index (κ1) is 19.2. The average Bonchev–Trinajstić information content (AvgIpc) is 2.68. The molecule has 3 aromatic carbocycles. The molecule has 0 aliphatic rings. The van der Waals surface area contributed by atoms with Crippen LogP contribution < -0.4 is 10.1 Å². The van der Waals surface area contributed by atoms with E-state index in [1.807, 2.05) is 43.3 Å². The Morgan fingerprint density at radius 2 is 1.64 bits per heavy atom. The number of carboxylic acids is 1. The van der Waals surface area contributed by atoms with Crippen molar-refractivity contribution in [3.8, 4) is 11.5 Å². The predicted octanol–water partition coefficient (Wildman–Crippen LogP) is 4.73. The molecule has 0 saturated heterocycles. The second-order valence-corrected chi connectivity index (χ2v) is 6.48. The Morgan fingerprint density at radius 3 is 2.36 bits per heavy atom. The van der Waals surface area contributed by atoms with E-state index in [-0.39, 0.29) is 12.3 Å². The summed E-state index contributed by atoms with van der Waals surface area (Å²) in [7, 11) is 0. The number of amides is 1. The van der Waals surface area contributed by atoms with Crippen molar-refractivity contribution in [1.82, 2.24) is 5.32 Å². The van der Waals surface area contributed by atoms with Crippen LogP contribution in [0.5, 0.6) is 11.5 Å². The molecule has 1 unspecified atom stereocenters. The predicted molar refractivity (Wildman–Crippen MR) is 107 cm³/mol. The molecule has 0 aliphatic carbocycles. The van der Waals surface area contributed by atoms with Gasteiger partial charge in [0, 0.05) is 5.56 Å². The number of ether oxygens (including phenoxy) is 1. The molecule has 0 fully saturated rings. The minimum Gasteiger partial charge on any atom is -0.481 e. The summed E-state index contributed by atoms with van der Waals surface area (Å²) in [5, 5.41) is 12.1. The summed E-state index contributed by atoms with van der Waals surface area (Å²) in [5.74, 6) is -0.0598. The van der Waals surface area contributed by atoms with Crippen molar-refractivity contribution in [1.29, 1.82) is 0 Å². The largest absolute Gasteiger partial charge is 0.481 e. The van der Waals surface area contributed by atoms with Crippen LogP contribution in [-0.4, -0.2) is 17.0 Å². The number of carboxylic acid groups (broad SMARTS) is 1. The molecular formula is C23H21NO4. The number of hydrogen-bond acceptors (Lipinski definition) is 3. The highest BCUT2D eigenvalue weighted by molar-refractivity contribution is 5.94. The molecule has 28 heavy (non-hydrogen) atoms. The van der Waals surface area contributed by atoms with Crippen molar-refractivity contribution in [3.63, 3.8) is 0 Å². The van der Waals surface area contributed by atoms with Crippen molar-refractivity contribution in [2.75, 3.05) is 0 Å². The number of carbonyl (C=O) groups excluding carboxylic acids is 1. The first-order valence-corrected chi connectivity index (χ1v) is 8.93. The quantitative estimate of drug-likeness (QED) is 0.626. The molecule has 0 heterocycles. The fraction of sp³-hybridized carbons (Fsp3) is 0.130. The molecule has 5 nitrogen and oxygen atoms in total. The number of benzene rings is 3. The Labute approximate surface area is 163 Å². The Balaban J connectivity index is 1.82. The molecular weight excluding hydrogens is 354 g/mol. The Morgan fingerprint density at radius 1 is 0.929 bits per heavy atom. The highest BCUT2D eigenvalue weighted by Gasteiger charge is 2.19. The van der Waals surface area contributed by atoms with E-state index in [1.165, 1.54) is 0 Å².